The molecule has 1 aliphatic rings. The summed E-state index contributed by atoms with van der Waals surface area (Å²) in [5.41, 5.74) is 9.32. The molecule has 1 aliphatic carbocycles. The summed E-state index contributed by atoms with van der Waals surface area (Å²) in [6, 6.07) is 8.93. The van der Waals surface area contributed by atoms with Crippen molar-refractivity contribution in [2.24, 2.45) is 11.7 Å². The molecule has 2 N–H and O–H groups in total. The molecule has 0 spiro atoms. The largest absolute Gasteiger partial charge is 0.385 e. The molecule has 2 atom stereocenters. The summed E-state index contributed by atoms with van der Waals surface area (Å²) < 4.78 is 5.11. The van der Waals surface area contributed by atoms with Gasteiger partial charge in [0.2, 0.25) is 0 Å². The second-order valence-corrected chi connectivity index (χ2v) is 5.37. The maximum atomic E-state index is 6.47. The molecule has 0 saturated heterocycles. The topological polar surface area (TPSA) is 35.2 Å². The van der Waals surface area contributed by atoms with E-state index in [1.54, 1.807) is 7.11 Å². The molecule has 2 unspecified atom stereocenters. The first-order valence-corrected chi connectivity index (χ1v) is 7.15. The van der Waals surface area contributed by atoms with Crippen LogP contribution < -0.4 is 5.73 Å². The van der Waals surface area contributed by atoms with Crippen molar-refractivity contribution >= 4 is 0 Å². The summed E-state index contributed by atoms with van der Waals surface area (Å²) in [4.78, 5) is 0. The lowest BCUT2D eigenvalue weighted by Crippen LogP contribution is -2.21. The van der Waals surface area contributed by atoms with Crippen LogP contribution in [0.2, 0.25) is 0 Å². The van der Waals surface area contributed by atoms with Crippen LogP contribution in [0.25, 0.3) is 0 Å². The Labute approximate surface area is 111 Å². The van der Waals surface area contributed by atoms with Crippen LogP contribution in [-0.4, -0.2) is 13.7 Å². The first-order valence-electron chi connectivity index (χ1n) is 7.15. The molecule has 2 nitrogen and oxygen atoms in total. The van der Waals surface area contributed by atoms with Gasteiger partial charge < -0.3 is 10.5 Å². The molecule has 0 fully saturated rings. The average Bonchev–Trinajstić information content (AvgIpc) is 2.56. The van der Waals surface area contributed by atoms with E-state index in [0.29, 0.717) is 5.92 Å². The van der Waals surface area contributed by atoms with Crippen LogP contribution in [0.1, 0.15) is 49.3 Å². The summed E-state index contributed by atoms with van der Waals surface area (Å²) in [5, 5.41) is 0. The fraction of sp³-hybridized carbons (Fsp3) is 0.625. The number of fused-ring (bicyclic) bond motifs is 1. The van der Waals surface area contributed by atoms with Crippen molar-refractivity contribution in [3.8, 4) is 0 Å². The molecule has 0 saturated carbocycles. The predicted molar refractivity (Wildman–Crippen MR) is 75.5 cm³/mol. The van der Waals surface area contributed by atoms with Crippen LogP contribution in [0.3, 0.4) is 0 Å². The molecule has 0 bridgehead atoms. The monoisotopic (exact) mass is 247 g/mol. The maximum Gasteiger partial charge on any atom is 0.0462 e. The summed E-state index contributed by atoms with van der Waals surface area (Å²) in [5.74, 6) is 0.644. The van der Waals surface area contributed by atoms with Crippen molar-refractivity contribution in [1.29, 1.82) is 0 Å². The molecule has 0 radical (unpaired) electrons. The third-order valence-corrected chi connectivity index (χ3v) is 4.12. The fourth-order valence-electron chi connectivity index (χ4n) is 3.05. The van der Waals surface area contributed by atoms with Gasteiger partial charge >= 0.3 is 0 Å². The zero-order valence-electron chi connectivity index (χ0n) is 11.4. The highest BCUT2D eigenvalue weighted by atomic mass is 16.5. The Hall–Kier alpha value is -0.860. The number of aryl methyl sites for hydroxylation is 1. The molecule has 0 heterocycles. The smallest absolute Gasteiger partial charge is 0.0462 e. The quantitative estimate of drug-likeness (QED) is 0.639. The summed E-state index contributed by atoms with van der Waals surface area (Å²) in [6.07, 6.45) is 7.36. The molecular weight excluding hydrogens is 222 g/mol. The van der Waals surface area contributed by atoms with Crippen molar-refractivity contribution in [3.63, 3.8) is 0 Å². The van der Waals surface area contributed by atoms with Gasteiger partial charge in [0.25, 0.3) is 0 Å². The van der Waals surface area contributed by atoms with E-state index in [1.165, 1.54) is 43.2 Å². The lowest BCUT2D eigenvalue weighted by molar-refractivity contribution is 0.188. The van der Waals surface area contributed by atoms with Gasteiger partial charge in [0.15, 0.2) is 0 Å². The molecule has 1 aromatic rings. The van der Waals surface area contributed by atoms with E-state index in [9.17, 15) is 0 Å². The van der Waals surface area contributed by atoms with Crippen molar-refractivity contribution in [2.75, 3.05) is 13.7 Å². The lowest BCUT2D eigenvalue weighted by atomic mass is 9.87. The lowest BCUT2D eigenvalue weighted by Gasteiger charge is -2.23. The minimum absolute atomic E-state index is 0.228. The molecule has 2 heteroatoms. The van der Waals surface area contributed by atoms with Crippen LogP contribution in [-0.2, 0) is 11.2 Å². The fourth-order valence-corrected chi connectivity index (χ4v) is 3.05. The SMILES string of the molecule is COCCCCC1CCCc2ccccc2C1N. The average molecular weight is 247 g/mol. The Kier molecular flexibility index (Phi) is 5.21. The minimum atomic E-state index is 0.228. The van der Waals surface area contributed by atoms with E-state index in [0.717, 1.165) is 13.0 Å². The van der Waals surface area contributed by atoms with Gasteiger partial charge in [0, 0.05) is 19.8 Å². The number of nitrogens with two attached hydrogens (primary N) is 1. The number of hydrogen-bond acceptors (Lipinski definition) is 2. The Balaban J connectivity index is 1.97. The van der Waals surface area contributed by atoms with E-state index in [4.69, 9.17) is 10.5 Å². The standard InChI is InChI=1S/C16H25NO/c1-18-12-5-4-8-14-10-6-9-13-7-2-3-11-15(13)16(14)17/h2-3,7,11,14,16H,4-6,8-10,12,17H2,1H3. The zero-order chi connectivity index (χ0) is 12.8. The number of unbranched alkanes of at least 4 members (excludes halogenated alkanes) is 1. The Morgan fingerprint density at radius 1 is 1.28 bits per heavy atom. The van der Waals surface area contributed by atoms with Gasteiger partial charge in [0.1, 0.15) is 0 Å². The van der Waals surface area contributed by atoms with Crippen LogP contribution >= 0.6 is 0 Å². The van der Waals surface area contributed by atoms with Crippen LogP contribution in [0.5, 0.6) is 0 Å². The van der Waals surface area contributed by atoms with Crippen molar-refractivity contribution in [3.05, 3.63) is 35.4 Å². The minimum Gasteiger partial charge on any atom is -0.385 e. The summed E-state index contributed by atoms with van der Waals surface area (Å²) >= 11 is 0. The third-order valence-electron chi connectivity index (χ3n) is 4.12. The number of rotatable bonds is 5. The van der Waals surface area contributed by atoms with Crippen molar-refractivity contribution in [1.82, 2.24) is 0 Å². The van der Waals surface area contributed by atoms with Crippen LogP contribution in [0.4, 0.5) is 0 Å². The van der Waals surface area contributed by atoms with Gasteiger partial charge in [-0.05, 0) is 49.1 Å². The van der Waals surface area contributed by atoms with E-state index >= 15 is 0 Å². The van der Waals surface area contributed by atoms with Gasteiger partial charge in [-0.2, -0.15) is 0 Å². The van der Waals surface area contributed by atoms with Crippen LogP contribution in [0, 0.1) is 5.92 Å². The van der Waals surface area contributed by atoms with Crippen LogP contribution in [0.15, 0.2) is 24.3 Å². The first-order chi connectivity index (χ1) is 8.83. The molecule has 2 rings (SSSR count). The predicted octanol–water partition coefficient (Wildman–Crippen LogP) is 3.46. The van der Waals surface area contributed by atoms with Crippen molar-refractivity contribution in [2.45, 2.75) is 44.6 Å². The zero-order valence-corrected chi connectivity index (χ0v) is 11.4. The molecule has 0 aromatic heterocycles. The number of ether oxygens (including phenoxy) is 1. The van der Waals surface area contributed by atoms with Gasteiger partial charge in [-0.15, -0.1) is 0 Å². The molecule has 18 heavy (non-hydrogen) atoms. The molecule has 0 aliphatic heterocycles. The van der Waals surface area contributed by atoms with E-state index in [2.05, 4.69) is 24.3 Å². The van der Waals surface area contributed by atoms with Gasteiger partial charge in [-0.25, -0.2) is 0 Å². The highest BCUT2D eigenvalue weighted by Gasteiger charge is 2.23. The highest BCUT2D eigenvalue weighted by molar-refractivity contribution is 5.31. The molecular formula is C16H25NO. The highest BCUT2D eigenvalue weighted by Crippen LogP contribution is 2.34. The third kappa shape index (κ3) is 3.33. The van der Waals surface area contributed by atoms with E-state index in [1.807, 2.05) is 0 Å². The first kappa shape index (κ1) is 13.6. The number of benzene rings is 1. The summed E-state index contributed by atoms with van der Waals surface area (Å²) in [6.45, 7) is 0.874. The molecule has 0 amide bonds. The van der Waals surface area contributed by atoms with Crippen molar-refractivity contribution < 1.29 is 4.74 Å². The van der Waals surface area contributed by atoms with E-state index < -0.39 is 0 Å². The Morgan fingerprint density at radius 3 is 2.94 bits per heavy atom. The molecule has 100 valence electrons. The number of methoxy groups -OCH3 is 1. The van der Waals surface area contributed by atoms with Gasteiger partial charge in [-0.1, -0.05) is 30.7 Å². The second kappa shape index (κ2) is 6.91. The molecule has 1 aromatic carbocycles. The Bertz CT molecular complexity index is 364. The van der Waals surface area contributed by atoms with E-state index in [-0.39, 0.29) is 6.04 Å². The normalized spacial score (nSPS) is 23.4. The number of hydrogen-bond donors (Lipinski definition) is 1. The summed E-state index contributed by atoms with van der Waals surface area (Å²) in [7, 11) is 1.77. The second-order valence-electron chi connectivity index (χ2n) is 5.37. The maximum absolute atomic E-state index is 6.47. The van der Waals surface area contributed by atoms with Gasteiger partial charge in [0.05, 0.1) is 0 Å². The Morgan fingerprint density at radius 2 is 2.11 bits per heavy atom. The van der Waals surface area contributed by atoms with Gasteiger partial charge in [-0.3, -0.25) is 0 Å².